The molecule has 40 valence electrons. The quantitative estimate of drug-likeness (QED) is 0.394. The van der Waals surface area contributed by atoms with E-state index < -0.39 is 0 Å². The van der Waals surface area contributed by atoms with Gasteiger partial charge in [0.2, 0.25) is 0 Å². The van der Waals surface area contributed by atoms with Gasteiger partial charge in [0, 0.05) is 0 Å². The molecule has 1 nitrogen and oxygen atoms in total. The smallest absolute Gasteiger partial charge is 0.375 e. The monoisotopic (exact) mass is 106 g/mol. The summed E-state index contributed by atoms with van der Waals surface area (Å²) >= 11 is 0. The van der Waals surface area contributed by atoms with Crippen molar-refractivity contribution in [3.63, 3.8) is 0 Å². The minimum Gasteiger partial charge on any atom is -0.375 e. The van der Waals surface area contributed by atoms with Crippen LogP contribution in [0.1, 0.15) is 6.92 Å². The first-order valence-electron chi connectivity index (χ1n) is 2.78. The maximum atomic E-state index is 5.56. The van der Waals surface area contributed by atoms with Crippen LogP contribution in [0.5, 0.6) is 0 Å². The Labute approximate surface area is 51.1 Å². The maximum Gasteiger partial charge on any atom is 0.485 e. The van der Waals surface area contributed by atoms with Crippen molar-refractivity contribution in [1.82, 2.24) is 0 Å². The van der Waals surface area contributed by atoms with Gasteiger partial charge in [-0.05, 0) is 19.1 Å². The van der Waals surface area contributed by atoms with E-state index in [1.165, 1.54) is 0 Å². The van der Waals surface area contributed by atoms with Crippen molar-refractivity contribution in [1.29, 1.82) is 0 Å². The Morgan fingerprint density at radius 3 is 2.62 bits per heavy atom. The first-order chi connectivity index (χ1) is 3.80. The molecule has 2 radical (unpaired) electrons. The van der Waals surface area contributed by atoms with E-state index in [0.717, 1.165) is 4.81 Å². The summed E-state index contributed by atoms with van der Waals surface area (Å²) in [6.07, 6.45) is 7.98. The molecule has 0 amide bonds. The van der Waals surface area contributed by atoms with E-state index in [-0.39, 0.29) is 0 Å². The predicted molar refractivity (Wildman–Crippen MR) is 34.5 cm³/mol. The van der Waals surface area contributed by atoms with E-state index in [4.69, 9.17) is 7.98 Å². The van der Waals surface area contributed by atoms with Crippen LogP contribution in [0.2, 0.25) is 0 Å². The Kier molecular flexibility index (Phi) is 1.54. The Balaban J connectivity index is 2.59. The van der Waals surface area contributed by atoms with E-state index in [9.17, 15) is 0 Å². The second-order valence-electron chi connectivity index (χ2n) is 2.03. The summed E-state index contributed by atoms with van der Waals surface area (Å²) in [5, 5.41) is 0. The lowest BCUT2D eigenvalue weighted by molar-refractivity contribution is -0.739. The summed E-state index contributed by atoms with van der Waals surface area (Å²) in [5.41, 5.74) is 0. The third-order valence-electron chi connectivity index (χ3n) is 1.33. The Hall–Kier alpha value is -0.495. The maximum absolute atomic E-state index is 5.56. The van der Waals surface area contributed by atoms with Gasteiger partial charge in [-0.25, -0.2) is 0 Å². The van der Waals surface area contributed by atoms with Gasteiger partial charge in [-0.3, -0.25) is 0 Å². The summed E-state index contributed by atoms with van der Waals surface area (Å²) in [4.78, 5) is 0.951. The number of hydrogen-bond acceptors (Lipinski definition) is 0. The molecule has 0 bridgehead atoms. The molecule has 1 aliphatic rings. The van der Waals surface area contributed by atoms with Crippen LogP contribution in [-0.2, 0) is 0 Å². The minimum atomic E-state index is 0.431. The summed E-state index contributed by atoms with van der Waals surface area (Å²) in [5.74, 6) is 0. The summed E-state index contributed by atoms with van der Waals surface area (Å²) in [6.45, 7) is 2.08. The molecule has 2 atom stereocenters. The zero-order valence-corrected chi connectivity index (χ0v) is 4.96. The second kappa shape index (κ2) is 2.18. The fraction of sp³-hybridized carbons (Fsp3) is 0.333. The molecule has 0 spiro atoms. The van der Waals surface area contributed by atoms with E-state index >= 15 is 0 Å². The minimum absolute atomic E-state index is 0.431. The van der Waals surface area contributed by atoms with E-state index in [1.54, 1.807) is 0 Å². The third-order valence-corrected chi connectivity index (χ3v) is 1.33. The highest BCUT2D eigenvalue weighted by molar-refractivity contribution is 5.95. The second-order valence-corrected chi connectivity index (χ2v) is 2.03. The molecule has 0 aromatic heterocycles. The standard InChI is InChI=1S/C6H9BN/c1-6-4-2-3-5-8(6)7/h2-6,8H,1H3/q+1. The van der Waals surface area contributed by atoms with Gasteiger partial charge in [0.1, 0.15) is 0 Å². The van der Waals surface area contributed by atoms with Crippen LogP contribution in [0.25, 0.3) is 0 Å². The fourth-order valence-electron chi connectivity index (χ4n) is 0.660. The average Bonchev–Trinajstić information content (AvgIpc) is 1.77. The molecule has 1 aliphatic heterocycles. The van der Waals surface area contributed by atoms with E-state index in [2.05, 4.69) is 13.0 Å². The van der Waals surface area contributed by atoms with Crippen LogP contribution >= 0.6 is 0 Å². The number of quaternary nitrogens is 1. The van der Waals surface area contributed by atoms with Crippen molar-refractivity contribution in [2.75, 3.05) is 0 Å². The van der Waals surface area contributed by atoms with Gasteiger partial charge >= 0.3 is 7.98 Å². The van der Waals surface area contributed by atoms with E-state index in [0.29, 0.717) is 6.04 Å². The lowest BCUT2D eigenvalue weighted by atomic mass is 10.1. The summed E-state index contributed by atoms with van der Waals surface area (Å²) < 4.78 is 0. The van der Waals surface area contributed by atoms with Crippen molar-refractivity contribution < 1.29 is 4.81 Å². The van der Waals surface area contributed by atoms with Crippen LogP contribution < -0.4 is 4.81 Å². The average molecular weight is 106 g/mol. The zero-order chi connectivity index (χ0) is 5.98. The SMILES string of the molecule is [B][NH+]1C=CC=CC1C. The zero-order valence-electron chi connectivity index (χ0n) is 4.96. The first-order valence-corrected chi connectivity index (χ1v) is 2.78. The normalized spacial score (nSPS) is 35.6. The number of allylic oxidation sites excluding steroid dienone is 2. The number of rotatable bonds is 0. The predicted octanol–water partition coefficient (Wildman–Crippen LogP) is -0.573. The Morgan fingerprint density at radius 1 is 1.50 bits per heavy atom. The van der Waals surface area contributed by atoms with Crippen LogP contribution in [0.4, 0.5) is 0 Å². The van der Waals surface area contributed by atoms with Crippen molar-refractivity contribution in [3.05, 3.63) is 24.4 Å². The molecule has 1 heterocycles. The molecular weight excluding hydrogens is 96.9 g/mol. The van der Waals surface area contributed by atoms with Crippen molar-refractivity contribution >= 4 is 7.98 Å². The van der Waals surface area contributed by atoms with Gasteiger partial charge in [0.05, 0.1) is 12.2 Å². The van der Waals surface area contributed by atoms with Gasteiger partial charge < -0.3 is 4.81 Å². The van der Waals surface area contributed by atoms with Crippen LogP contribution in [0.3, 0.4) is 0 Å². The molecule has 0 aromatic carbocycles. The van der Waals surface area contributed by atoms with Crippen LogP contribution in [-0.4, -0.2) is 14.0 Å². The molecule has 2 heteroatoms. The molecule has 0 saturated heterocycles. The number of nitrogens with one attached hydrogen (secondary N) is 1. The molecule has 0 fully saturated rings. The van der Waals surface area contributed by atoms with Gasteiger partial charge in [-0.1, -0.05) is 6.08 Å². The molecule has 1 N–H and O–H groups in total. The highest BCUT2D eigenvalue weighted by atomic mass is 15.0. The van der Waals surface area contributed by atoms with Crippen molar-refractivity contribution in [2.24, 2.45) is 0 Å². The summed E-state index contributed by atoms with van der Waals surface area (Å²) in [6, 6.07) is 0.431. The first kappa shape index (κ1) is 5.64. The van der Waals surface area contributed by atoms with E-state index in [1.807, 2.05) is 18.4 Å². The van der Waals surface area contributed by atoms with Gasteiger partial charge in [0.15, 0.2) is 0 Å². The largest absolute Gasteiger partial charge is 0.485 e. The third kappa shape index (κ3) is 1.01. The lowest BCUT2D eigenvalue weighted by Gasteiger charge is -2.16. The van der Waals surface area contributed by atoms with Crippen molar-refractivity contribution in [2.45, 2.75) is 13.0 Å². The molecule has 2 unspecified atom stereocenters. The fourth-order valence-corrected chi connectivity index (χ4v) is 0.660. The molecule has 0 aliphatic carbocycles. The molecule has 0 aromatic rings. The lowest BCUT2D eigenvalue weighted by Crippen LogP contribution is -3.09. The van der Waals surface area contributed by atoms with Gasteiger partial charge in [-0.15, -0.1) is 0 Å². The topological polar surface area (TPSA) is 4.44 Å². The Bertz CT molecular complexity index is 112. The molecule has 8 heavy (non-hydrogen) atoms. The van der Waals surface area contributed by atoms with Crippen LogP contribution in [0, 0.1) is 0 Å². The molecule has 1 rings (SSSR count). The highest BCUT2D eigenvalue weighted by Gasteiger charge is 2.06. The summed E-state index contributed by atoms with van der Waals surface area (Å²) in [7, 11) is 5.56. The van der Waals surface area contributed by atoms with Crippen LogP contribution in [0.15, 0.2) is 24.4 Å². The number of hydrogen-bond donors (Lipinski definition) is 1. The highest BCUT2D eigenvalue weighted by Crippen LogP contribution is 1.84. The van der Waals surface area contributed by atoms with Gasteiger partial charge in [0.25, 0.3) is 0 Å². The molecular formula is C6H9BN+. The Morgan fingerprint density at radius 2 is 2.25 bits per heavy atom. The molecule has 0 saturated carbocycles. The van der Waals surface area contributed by atoms with Crippen molar-refractivity contribution in [3.8, 4) is 0 Å². The van der Waals surface area contributed by atoms with Gasteiger partial charge in [-0.2, -0.15) is 0 Å².